The van der Waals surface area contributed by atoms with Gasteiger partial charge in [-0.25, -0.2) is 0 Å². The summed E-state index contributed by atoms with van der Waals surface area (Å²) in [5.41, 5.74) is 0.770. The summed E-state index contributed by atoms with van der Waals surface area (Å²) in [4.78, 5) is 12.1. The van der Waals surface area contributed by atoms with E-state index in [2.05, 4.69) is 15.9 Å². The average molecular weight is 288 g/mol. The van der Waals surface area contributed by atoms with Gasteiger partial charge in [-0.15, -0.1) is 0 Å². The molecule has 0 radical (unpaired) electrons. The number of carbonyl (C=O) groups excluding carboxylic acids is 1. The molecule has 0 saturated heterocycles. The van der Waals surface area contributed by atoms with Crippen LogP contribution in [0.15, 0.2) is 22.7 Å². The number of hydrogen-bond acceptors (Lipinski definition) is 1. The maximum absolute atomic E-state index is 12.1. The Morgan fingerprint density at radius 1 is 1.33 bits per heavy atom. The number of carbonyl (C=O) groups is 1. The van der Waals surface area contributed by atoms with Gasteiger partial charge in [0.1, 0.15) is 0 Å². The SMILES string of the molecule is O=C(c1ccc(Cl)cc1Br)C1CCCC1. The monoisotopic (exact) mass is 286 g/mol. The molecule has 1 aromatic rings. The zero-order valence-electron chi connectivity index (χ0n) is 8.30. The van der Waals surface area contributed by atoms with E-state index in [4.69, 9.17) is 11.6 Å². The molecule has 1 fully saturated rings. The number of halogens is 2. The van der Waals surface area contributed by atoms with Gasteiger partial charge in [-0.1, -0.05) is 24.4 Å². The van der Waals surface area contributed by atoms with Crippen LogP contribution in [-0.4, -0.2) is 5.78 Å². The second-order valence-electron chi connectivity index (χ2n) is 3.97. The molecule has 1 saturated carbocycles. The zero-order chi connectivity index (χ0) is 10.8. The fourth-order valence-corrected chi connectivity index (χ4v) is 2.98. The third-order valence-electron chi connectivity index (χ3n) is 2.92. The van der Waals surface area contributed by atoms with E-state index in [-0.39, 0.29) is 11.7 Å². The summed E-state index contributed by atoms with van der Waals surface area (Å²) in [5.74, 6) is 0.485. The minimum absolute atomic E-state index is 0.225. The Balaban J connectivity index is 2.24. The lowest BCUT2D eigenvalue weighted by Crippen LogP contribution is -2.11. The number of hydrogen-bond donors (Lipinski definition) is 0. The standard InChI is InChI=1S/C12H12BrClO/c13-11-7-9(14)5-6-10(11)12(15)8-3-1-2-4-8/h5-8H,1-4H2. The van der Waals surface area contributed by atoms with E-state index in [1.807, 2.05) is 6.07 Å². The molecule has 0 atom stereocenters. The van der Waals surface area contributed by atoms with Gasteiger partial charge in [0.05, 0.1) is 0 Å². The zero-order valence-corrected chi connectivity index (χ0v) is 10.6. The fraction of sp³-hybridized carbons (Fsp3) is 0.417. The van der Waals surface area contributed by atoms with Crippen LogP contribution >= 0.6 is 27.5 Å². The largest absolute Gasteiger partial charge is 0.294 e. The van der Waals surface area contributed by atoms with Crippen molar-refractivity contribution in [3.05, 3.63) is 33.3 Å². The predicted molar refractivity (Wildman–Crippen MR) is 65.4 cm³/mol. The summed E-state index contributed by atoms with van der Waals surface area (Å²) in [6.07, 6.45) is 4.44. The van der Waals surface area contributed by atoms with Crippen LogP contribution in [0.4, 0.5) is 0 Å². The van der Waals surface area contributed by atoms with E-state index < -0.39 is 0 Å². The van der Waals surface area contributed by atoms with Crippen LogP contribution in [0.2, 0.25) is 5.02 Å². The molecule has 1 aliphatic carbocycles. The highest BCUT2D eigenvalue weighted by Gasteiger charge is 2.24. The summed E-state index contributed by atoms with van der Waals surface area (Å²) < 4.78 is 0.812. The van der Waals surface area contributed by atoms with Gasteiger partial charge < -0.3 is 0 Å². The third kappa shape index (κ3) is 2.43. The van der Waals surface area contributed by atoms with E-state index in [1.165, 1.54) is 12.8 Å². The Morgan fingerprint density at radius 3 is 2.60 bits per heavy atom. The summed E-state index contributed by atoms with van der Waals surface area (Å²) in [6.45, 7) is 0. The Hall–Kier alpha value is -0.340. The Bertz CT molecular complexity index is 383. The Morgan fingerprint density at radius 2 is 2.00 bits per heavy atom. The first-order valence-electron chi connectivity index (χ1n) is 5.18. The minimum Gasteiger partial charge on any atom is -0.294 e. The van der Waals surface area contributed by atoms with Crippen LogP contribution in [0.5, 0.6) is 0 Å². The third-order valence-corrected chi connectivity index (χ3v) is 3.81. The smallest absolute Gasteiger partial charge is 0.167 e. The van der Waals surface area contributed by atoms with Gasteiger partial charge >= 0.3 is 0 Å². The predicted octanol–water partition coefficient (Wildman–Crippen LogP) is 4.48. The Labute approximate surface area is 103 Å². The lowest BCUT2D eigenvalue weighted by atomic mass is 9.96. The van der Waals surface area contributed by atoms with E-state index in [9.17, 15) is 4.79 Å². The highest BCUT2D eigenvalue weighted by molar-refractivity contribution is 9.10. The lowest BCUT2D eigenvalue weighted by Gasteiger charge is -2.09. The summed E-state index contributed by atoms with van der Waals surface area (Å²) in [5, 5.41) is 0.657. The molecule has 0 spiro atoms. The van der Waals surface area contributed by atoms with Crippen LogP contribution in [-0.2, 0) is 0 Å². The van der Waals surface area contributed by atoms with Gasteiger partial charge in [-0.3, -0.25) is 4.79 Å². The second-order valence-corrected chi connectivity index (χ2v) is 5.26. The Kier molecular flexibility index (Phi) is 3.47. The first-order chi connectivity index (χ1) is 7.18. The highest BCUT2D eigenvalue weighted by atomic mass is 79.9. The van der Waals surface area contributed by atoms with E-state index in [1.54, 1.807) is 12.1 Å². The van der Waals surface area contributed by atoms with Crippen molar-refractivity contribution in [2.45, 2.75) is 25.7 Å². The van der Waals surface area contributed by atoms with E-state index >= 15 is 0 Å². The number of ketones is 1. The molecule has 0 aliphatic heterocycles. The molecule has 0 amide bonds. The van der Waals surface area contributed by atoms with Crippen molar-refractivity contribution < 1.29 is 4.79 Å². The van der Waals surface area contributed by atoms with Crippen molar-refractivity contribution in [2.24, 2.45) is 5.92 Å². The molecular weight excluding hydrogens is 275 g/mol. The number of rotatable bonds is 2. The van der Waals surface area contributed by atoms with Crippen molar-refractivity contribution in [1.29, 1.82) is 0 Å². The molecule has 1 aromatic carbocycles. The molecule has 0 aromatic heterocycles. The molecule has 80 valence electrons. The quantitative estimate of drug-likeness (QED) is 0.733. The highest BCUT2D eigenvalue weighted by Crippen LogP contribution is 2.31. The first kappa shape index (κ1) is 11.2. The van der Waals surface area contributed by atoms with E-state index in [0.717, 1.165) is 22.9 Å². The summed E-state index contributed by atoms with van der Waals surface area (Å²) in [7, 11) is 0. The van der Waals surface area contributed by atoms with Gasteiger partial charge in [0.25, 0.3) is 0 Å². The molecule has 1 aliphatic rings. The normalized spacial score (nSPS) is 16.9. The van der Waals surface area contributed by atoms with Gasteiger partial charge in [0.15, 0.2) is 5.78 Å². The number of Topliss-reactive ketones (excluding diaryl/α,β-unsaturated/α-hetero) is 1. The van der Waals surface area contributed by atoms with Crippen molar-refractivity contribution >= 4 is 33.3 Å². The van der Waals surface area contributed by atoms with Gasteiger partial charge in [-0.05, 0) is 47.0 Å². The van der Waals surface area contributed by atoms with Crippen LogP contribution in [0, 0.1) is 5.92 Å². The molecule has 3 heteroatoms. The van der Waals surface area contributed by atoms with Crippen LogP contribution in [0.1, 0.15) is 36.0 Å². The van der Waals surface area contributed by atoms with Crippen molar-refractivity contribution in [2.75, 3.05) is 0 Å². The van der Waals surface area contributed by atoms with Gasteiger partial charge in [0.2, 0.25) is 0 Å². The maximum Gasteiger partial charge on any atom is 0.167 e. The topological polar surface area (TPSA) is 17.1 Å². The summed E-state index contributed by atoms with van der Waals surface area (Å²) in [6, 6.07) is 5.37. The molecule has 0 heterocycles. The van der Waals surface area contributed by atoms with Crippen molar-refractivity contribution in [1.82, 2.24) is 0 Å². The van der Waals surface area contributed by atoms with Crippen molar-refractivity contribution in [3.8, 4) is 0 Å². The van der Waals surface area contributed by atoms with Crippen LogP contribution in [0.3, 0.4) is 0 Å². The van der Waals surface area contributed by atoms with Gasteiger partial charge in [0, 0.05) is 21.0 Å². The summed E-state index contributed by atoms with van der Waals surface area (Å²) >= 11 is 9.23. The fourth-order valence-electron chi connectivity index (χ4n) is 2.10. The molecule has 0 bridgehead atoms. The van der Waals surface area contributed by atoms with Gasteiger partial charge in [-0.2, -0.15) is 0 Å². The van der Waals surface area contributed by atoms with Crippen LogP contribution < -0.4 is 0 Å². The lowest BCUT2D eigenvalue weighted by molar-refractivity contribution is 0.0922. The molecule has 2 rings (SSSR count). The second kappa shape index (κ2) is 4.67. The average Bonchev–Trinajstić information content (AvgIpc) is 2.69. The minimum atomic E-state index is 0.225. The number of benzene rings is 1. The first-order valence-corrected chi connectivity index (χ1v) is 6.35. The van der Waals surface area contributed by atoms with E-state index in [0.29, 0.717) is 5.02 Å². The van der Waals surface area contributed by atoms with Crippen molar-refractivity contribution in [3.63, 3.8) is 0 Å². The maximum atomic E-state index is 12.1. The molecule has 0 unspecified atom stereocenters. The molecular formula is C12H12BrClO. The molecule has 15 heavy (non-hydrogen) atoms. The van der Waals surface area contributed by atoms with Crippen LogP contribution in [0.25, 0.3) is 0 Å². The molecule has 1 nitrogen and oxygen atoms in total. The molecule has 0 N–H and O–H groups in total.